The van der Waals surface area contributed by atoms with Gasteiger partial charge in [-0.3, -0.25) is 0 Å². The van der Waals surface area contributed by atoms with Crippen molar-refractivity contribution < 1.29 is 0 Å². The molecule has 0 spiro atoms. The molecule has 2 rings (SSSR count). The average Bonchev–Trinajstić information content (AvgIpc) is 2.50. The van der Waals surface area contributed by atoms with Crippen LogP contribution in [0.1, 0.15) is 19.8 Å². The van der Waals surface area contributed by atoms with Crippen molar-refractivity contribution in [1.29, 1.82) is 0 Å². The van der Waals surface area contributed by atoms with E-state index in [0.29, 0.717) is 0 Å². The molecule has 1 aliphatic carbocycles. The predicted octanol–water partition coefficient (Wildman–Crippen LogP) is 4.43. The van der Waals surface area contributed by atoms with Crippen molar-refractivity contribution in [3.05, 3.63) is 88.4 Å². The monoisotopic (exact) mass is 329 g/mol. The Labute approximate surface area is 126 Å². The van der Waals surface area contributed by atoms with Crippen LogP contribution in [0.5, 0.6) is 0 Å². The van der Waals surface area contributed by atoms with Gasteiger partial charge in [-0.25, -0.2) is 0 Å². The molecule has 0 saturated heterocycles. The minimum atomic E-state index is -1.10. The van der Waals surface area contributed by atoms with E-state index in [-0.39, 0.29) is 0 Å². The third-order valence-corrected chi connectivity index (χ3v) is 7.90. The molecule has 0 amide bonds. The quantitative estimate of drug-likeness (QED) is 0.554. The first kappa shape index (κ1) is 14.8. The summed E-state index contributed by atoms with van der Waals surface area (Å²) >= 11 is -1.10. The molecule has 0 heterocycles. The first-order valence-electron chi connectivity index (χ1n) is 6.95. The van der Waals surface area contributed by atoms with Crippen molar-refractivity contribution >= 4 is 18.4 Å². The Bertz CT molecular complexity index is 559. The molecule has 20 heavy (non-hydrogen) atoms. The van der Waals surface area contributed by atoms with E-state index in [2.05, 4.69) is 74.2 Å². The molecule has 1 radical (unpaired) electrons. The molecule has 1 aliphatic rings. The molecule has 103 valence electrons. The van der Waals surface area contributed by atoms with Crippen molar-refractivity contribution in [2.24, 2.45) is 0 Å². The van der Waals surface area contributed by atoms with E-state index >= 15 is 0 Å². The van der Waals surface area contributed by atoms with Crippen molar-refractivity contribution in [1.82, 2.24) is 0 Å². The second kappa shape index (κ2) is 7.89. The van der Waals surface area contributed by atoms with E-state index < -0.39 is 13.9 Å². The average molecular weight is 328 g/mol. The van der Waals surface area contributed by atoms with Crippen LogP contribution >= 0.6 is 0 Å². The summed E-state index contributed by atoms with van der Waals surface area (Å²) in [6, 6.07) is 10.9. The summed E-state index contributed by atoms with van der Waals surface area (Å²) < 4.78 is 4.49. The molecule has 0 fully saturated rings. The van der Waals surface area contributed by atoms with Crippen molar-refractivity contribution in [3.8, 4) is 0 Å². The van der Waals surface area contributed by atoms with Gasteiger partial charge in [-0.15, -0.1) is 0 Å². The molecule has 0 nitrogen and oxygen atoms in total. The van der Waals surface area contributed by atoms with Crippen LogP contribution in [-0.4, -0.2) is 13.9 Å². The fourth-order valence-corrected chi connectivity index (χ4v) is 6.71. The van der Waals surface area contributed by atoms with Gasteiger partial charge in [0.2, 0.25) is 0 Å². The molecule has 1 aromatic rings. The van der Waals surface area contributed by atoms with Gasteiger partial charge in [-0.1, -0.05) is 0 Å². The number of allylic oxidation sites excluding steroid dienone is 9. The Hall–Kier alpha value is -1.56. The van der Waals surface area contributed by atoms with Gasteiger partial charge in [0, 0.05) is 0 Å². The van der Waals surface area contributed by atoms with E-state index in [4.69, 9.17) is 0 Å². The van der Waals surface area contributed by atoms with E-state index in [1.165, 1.54) is 26.2 Å². The molecule has 0 bridgehead atoms. The van der Waals surface area contributed by atoms with E-state index in [0.717, 1.165) is 0 Å². The Balaban J connectivity index is 2.36. The zero-order valence-corrected chi connectivity index (χ0v) is 13.7. The summed E-state index contributed by atoms with van der Waals surface area (Å²) in [6.07, 6.45) is 17.6. The van der Waals surface area contributed by atoms with Crippen LogP contribution in [0.25, 0.3) is 0 Å². The molecule has 0 N–H and O–H groups in total. The molecule has 0 atom stereocenters. The van der Waals surface area contributed by atoms with Crippen LogP contribution in [0.2, 0.25) is 0 Å². The molecule has 0 aliphatic heterocycles. The minimum absolute atomic E-state index is 1.10. The Morgan fingerprint density at radius 3 is 2.60 bits per heavy atom. The van der Waals surface area contributed by atoms with E-state index in [1.807, 2.05) is 12.2 Å². The summed E-state index contributed by atoms with van der Waals surface area (Å²) in [5.41, 5.74) is 0. The fourth-order valence-electron chi connectivity index (χ4n) is 2.14. The number of hydrogen-bond acceptors (Lipinski definition) is 0. The maximum absolute atomic E-state index is 3.72. The number of rotatable bonds is 5. The van der Waals surface area contributed by atoms with Gasteiger partial charge in [0.1, 0.15) is 0 Å². The van der Waals surface area contributed by atoms with Gasteiger partial charge in [-0.2, -0.15) is 0 Å². The third kappa shape index (κ3) is 3.96. The zero-order chi connectivity index (χ0) is 14.2. The van der Waals surface area contributed by atoms with Crippen LogP contribution < -0.4 is 4.46 Å². The first-order valence-corrected chi connectivity index (χ1v) is 9.52. The fraction of sp³-hybridized carbons (Fsp3) is 0.158. The summed E-state index contributed by atoms with van der Waals surface area (Å²) in [5, 5.41) is 0. The number of benzene rings is 1. The standard InChI is InChI=1S/C19H21Se/c1-3-4-7-12-17(2)20(18-13-8-5-9-14-18)19-15-10-6-11-16-19/h3-5,7-10,12-16H,1,6,11H2,2H3/b7-4-,17-12+. The maximum atomic E-state index is 3.72. The number of hydrogen-bond donors (Lipinski definition) is 0. The van der Waals surface area contributed by atoms with Crippen LogP contribution in [0.4, 0.5) is 0 Å². The molecule has 1 aromatic carbocycles. The Morgan fingerprint density at radius 2 is 1.95 bits per heavy atom. The summed E-state index contributed by atoms with van der Waals surface area (Å²) in [4.78, 5) is 0. The third-order valence-electron chi connectivity index (χ3n) is 3.08. The molecule has 0 aromatic heterocycles. The van der Waals surface area contributed by atoms with Crippen LogP contribution in [0.15, 0.2) is 88.4 Å². The predicted molar refractivity (Wildman–Crippen MR) is 91.4 cm³/mol. The van der Waals surface area contributed by atoms with E-state index in [9.17, 15) is 0 Å². The second-order valence-corrected chi connectivity index (χ2v) is 9.22. The molecular formula is C19H21Se. The van der Waals surface area contributed by atoms with Gasteiger partial charge < -0.3 is 0 Å². The first-order chi connectivity index (χ1) is 9.83. The zero-order valence-electron chi connectivity index (χ0n) is 12.0. The van der Waals surface area contributed by atoms with Gasteiger partial charge >= 0.3 is 127 Å². The van der Waals surface area contributed by atoms with Crippen LogP contribution in [0, 0.1) is 0 Å². The second-order valence-electron chi connectivity index (χ2n) is 4.60. The van der Waals surface area contributed by atoms with Crippen LogP contribution in [0.3, 0.4) is 0 Å². The van der Waals surface area contributed by atoms with E-state index in [1.54, 1.807) is 0 Å². The van der Waals surface area contributed by atoms with Gasteiger partial charge in [0.15, 0.2) is 0 Å². The SMILES string of the molecule is C=C/C=C\C=C(/C)[Se](C1=CCCC=C1)c1ccccc1. The van der Waals surface area contributed by atoms with Crippen molar-refractivity contribution in [2.75, 3.05) is 0 Å². The molecule has 0 saturated carbocycles. The van der Waals surface area contributed by atoms with Gasteiger partial charge in [0.05, 0.1) is 0 Å². The topological polar surface area (TPSA) is 0 Å². The molecule has 1 heteroatoms. The normalized spacial score (nSPS) is 15.7. The van der Waals surface area contributed by atoms with Crippen LogP contribution in [-0.2, 0) is 0 Å². The summed E-state index contributed by atoms with van der Waals surface area (Å²) in [6.45, 7) is 5.98. The van der Waals surface area contributed by atoms with Crippen molar-refractivity contribution in [2.45, 2.75) is 19.8 Å². The van der Waals surface area contributed by atoms with Gasteiger partial charge in [-0.05, 0) is 0 Å². The summed E-state index contributed by atoms with van der Waals surface area (Å²) in [5.74, 6) is 0. The molecular weight excluding hydrogens is 307 g/mol. The summed E-state index contributed by atoms with van der Waals surface area (Å²) in [7, 11) is 0. The Kier molecular flexibility index (Phi) is 5.86. The van der Waals surface area contributed by atoms with Crippen molar-refractivity contribution in [3.63, 3.8) is 0 Å². The molecule has 0 unspecified atom stereocenters. The Morgan fingerprint density at radius 1 is 1.15 bits per heavy atom. The van der Waals surface area contributed by atoms with Gasteiger partial charge in [0.25, 0.3) is 0 Å².